The molecule has 172 valence electrons. The van der Waals surface area contributed by atoms with E-state index in [2.05, 4.69) is 35.2 Å². The fourth-order valence-corrected chi connectivity index (χ4v) is 5.89. The lowest BCUT2D eigenvalue weighted by Crippen LogP contribution is -2.39. The van der Waals surface area contributed by atoms with Crippen LogP contribution in [0.25, 0.3) is 0 Å². The van der Waals surface area contributed by atoms with Crippen molar-refractivity contribution >= 4 is 39.9 Å². The number of aryl methyl sites for hydroxylation is 2. The first-order valence-electron chi connectivity index (χ1n) is 11.7. The summed E-state index contributed by atoms with van der Waals surface area (Å²) in [6, 6.07) is 16.9. The number of morpholine rings is 1. The molecule has 2 aromatic rings. The van der Waals surface area contributed by atoms with Gasteiger partial charge in [0.25, 0.3) is 5.91 Å². The second-order valence-electron chi connectivity index (χ2n) is 8.76. The standard InChI is InChI=1S/C26H29N3O2S2/c30-25(18-33-26(32)28-12-14-31-15-13-28)29-24(20-7-2-1-3-8-20)17-23(27-29)22-11-10-19-6-4-5-9-21(19)16-22/h1-3,7-8,10-11,16,24H,4-6,9,12-15,17-18H2/t24-/m0/s1. The van der Waals surface area contributed by atoms with E-state index < -0.39 is 0 Å². The molecule has 5 nitrogen and oxygen atoms in total. The number of hydrogen-bond donors (Lipinski definition) is 0. The number of hydrogen-bond acceptors (Lipinski definition) is 5. The minimum Gasteiger partial charge on any atom is -0.378 e. The van der Waals surface area contributed by atoms with Gasteiger partial charge in [-0.25, -0.2) is 5.01 Å². The van der Waals surface area contributed by atoms with Gasteiger partial charge in [-0.05, 0) is 54.0 Å². The van der Waals surface area contributed by atoms with Gasteiger partial charge >= 0.3 is 0 Å². The Morgan fingerprint density at radius 2 is 1.82 bits per heavy atom. The van der Waals surface area contributed by atoms with E-state index in [1.807, 2.05) is 18.2 Å². The molecule has 0 spiro atoms. The lowest BCUT2D eigenvalue weighted by atomic mass is 9.89. The lowest BCUT2D eigenvalue weighted by Gasteiger charge is -2.29. The van der Waals surface area contributed by atoms with E-state index in [1.54, 1.807) is 5.01 Å². The number of fused-ring (bicyclic) bond motifs is 1. The Morgan fingerprint density at radius 1 is 1.06 bits per heavy atom. The highest BCUT2D eigenvalue weighted by atomic mass is 32.2. The third-order valence-corrected chi connectivity index (χ3v) is 8.13. The molecular weight excluding hydrogens is 450 g/mol. The van der Waals surface area contributed by atoms with Crippen LogP contribution < -0.4 is 0 Å². The molecule has 33 heavy (non-hydrogen) atoms. The molecule has 7 heteroatoms. The molecule has 5 rings (SSSR count). The van der Waals surface area contributed by atoms with E-state index in [0.29, 0.717) is 19.0 Å². The summed E-state index contributed by atoms with van der Waals surface area (Å²) in [5, 5.41) is 6.56. The first kappa shape index (κ1) is 22.6. The summed E-state index contributed by atoms with van der Waals surface area (Å²) >= 11 is 7.01. The van der Waals surface area contributed by atoms with Crippen LogP contribution in [0.15, 0.2) is 53.6 Å². The van der Waals surface area contributed by atoms with Crippen LogP contribution in [0.3, 0.4) is 0 Å². The number of carbonyl (C=O) groups is 1. The minimum atomic E-state index is -0.0812. The molecule has 2 heterocycles. The Hall–Kier alpha value is -2.22. The van der Waals surface area contributed by atoms with Gasteiger partial charge in [0.2, 0.25) is 0 Å². The number of benzene rings is 2. The molecule has 1 fully saturated rings. The average molecular weight is 480 g/mol. The van der Waals surface area contributed by atoms with Crippen LogP contribution in [0.4, 0.5) is 0 Å². The predicted molar refractivity (Wildman–Crippen MR) is 138 cm³/mol. The summed E-state index contributed by atoms with van der Waals surface area (Å²) < 4.78 is 6.17. The van der Waals surface area contributed by atoms with Crippen molar-refractivity contribution in [1.29, 1.82) is 0 Å². The SMILES string of the molecule is O=C(CSC(=S)N1CCOCC1)N1N=C(c2ccc3c(c2)CCCC3)C[C@H]1c1ccccc1. The smallest absolute Gasteiger partial charge is 0.253 e. The van der Waals surface area contributed by atoms with Crippen molar-refractivity contribution in [2.24, 2.45) is 5.10 Å². The monoisotopic (exact) mass is 479 g/mol. The van der Waals surface area contributed by atoms with Crippen LogP contribution in [-0.4, -0.2) is 57.9 Å². The van der Waals surface area contributed by atoms with Crippen LogP contribution in [-0.2, 0) is 22.4 Å². The van der Waals surface area contributed by atoms with E-state index in [9.17, 15) is 4.79 Å². The van der Waals surface area contributed by atoms with Gasteiger partial charge in [0.05, 0.1) is 30.7 Å². The topological polar surface area (TPSA) is 45.1 Å². The van der Waals surface area contributed by atoms with E-state index in [-0.39, 0.29) is 11.9 Å². The zero-order valence-electron chi connectivity index (χ0n) is 18.7. The molecule has 0 unspecified atom stereocenters. The Balaban J connectivity index is 1.34. The third-order valence-electron chi connectivity index (χ3n) is 6.62. The maximum absolute atomic E-state index is 13.3. The molecule has 1 saturated heterocycles. The van der Waals surface area contributed by atoms with Gasteiger partial charge in [-0.1, -0.05) is 66.4 Å². The number of rotatable bonds is 4. The molecule has 0 radical (unpaired) electrons. The summed E-state index contributed by atoms with van der Waals surface area (Å²) in [4.78, 5) is 15.4. The molecule has 0 bridgehead atoms. The maximum atomic E-state index is 13.3. The van der Waals surface area contributed by atoms with Crippen molar-refractivity contribution in [1.82, 2.24) is 9.91 Å². The highest BCUT2D eigenvalue weighted by molar-refractivity contribution is 8.23. The van der Waals surface area contributed by atoms with Crippen LogP contribution in [0.5, 0.6) is 0 Å². The highest BCUT2D eigenvalue weighted by Gasteiger charge is 2.33. The number of carbonyl (C=O) groups excluding carboxylic acids is 1. The number of thioether (sulfide) groups is 1. The Kier molecular flexibility index (Phi) is 7.09. The van der Waals surface area contributed by atoms with Gasteiger partial charge in [-0.2, -0.15) is 5.10 Å². The Bertz CT molecular complexity index is 1050. The average Bonchev–Trinajstić information content (AvgIpc) is 3.33. The minimum absolute atomic E-state index is 0.00239. The van der Waals surface area contributed by atoms with Gasteiger partial charge in [0.15, 0.2) is 0 Å². The second-order valence-corrected chi connectivity index (χ2v) is 10.4. The normalized spacial score (nSPS) is 20.4. The first-order valence-corrected chi connectivity index (χ1v) is 13.1. The summed E-state index contributed by atoms with van der Waals surface area (Å²) in [6.45, 7) is 2.95. The van der Waals surface area contributed by atoms with Crippen molar-refractivity contribution in [2.45, 2.75) is 38.1 Å². The summed E-state index contributed by atoms with van der Waals surface area (Å²) in [7, 11) is 0. The van der Waals surface area contributed by atoms with Crippen molar-refractivity contribution in [3.05, 3.63) is 70.8 Å². The van der Waals surface area contributed by atoms with Gasteiger partial charge in [-0.3, -0.25) is 4.79 Å². The molecule has 3 aliphatic rings. The van der Waals surface area contributed by atoms with Crippen LogP contribution >= 0.6 is 24.0 Å². The fourth-order valence-electron chi connectivity index (χ4n) is 4.79. The number of nitrogens with zero attached hydrogens (tertiary/aromatic N) is 3. The lowest BCUT2D eigenvalue weighted by molar-refractivity contribution is -0.130. The number of ether oxygens (including phenoxy) is 1. The van der Waals surface area contributed by atoms with Crippen molar-refractivity contribution in [3.63, 3.8) is 0 Å². The van der Waals surface area contributed by atoms with Gasteiger partial charge in [-0.15, -0.1) is 0 Å². The molecule has 1 aliphatic carbocycles. The van der Waals surface area contributed by atoms with Crippen molar-refractivity contribution in [2.75, 3.05) is 32.1 Å². The summed E-state index contributed by atoms with van der Waals surface area (Å²) in [5.74, 6) is 0.290. The van der Waals surface area contributed by atoms with Crippen LogP contribution in [0.1, 0.15) is 47.6 Å². The maximum Gasteiger partial charge on any atom is 0.253 e. The Morgan fingerprint density at radius 3 is 2.61 bits per heavy atom. The molecule has 2 aliphatic heterocycles. The molecule has 1 amide bonds. The third kappa shape index (κ3) is 5.15. The van der Waals surface area contributed by atoms with Crippen LogP contribution in [0, 0.1) is 0 Å². The van der Waals surface area contributed by atoms with Gasteiger partial charge < -0.3 is 9.64 Å². The van der Waals surface area contributed by atoms with Crippen LogP contribution in [0.2, 0.25) is 0 Å². The number of amides is 1. The zero-order chi connectivity index (χ0) is 22.6. The molecule has 1 atom stereocenters. The van der Waals surface area contributed by atoms with E-state index in [0.717, 1.165) is 47.1 Å². The van der Waals surface area contributed by atoms with Gasteiger partial charge in [0.1, 0.15) is 4.32 Å². The van der Waals surface area contributed by atoms with E-state index in [4.69, 9.17) is 22.1 Å². The fraction of sp³-hybridized carbons (Fsp3) is 0.423. The molecule has 0 aromatic heterocycles. The molecule has 2 aromatic carbocycles. The van der Waals surface area contributed by atoms with E-state index in [1.165, 1.54) is 42.2 Å². The second kappa shape index (κ2) is 10.4. The highest BCUT2D eigenvalue weighted by Crippen LogP contribution is 2.34. The predicted octanol–water partition coefficient (Wildman–Crippen LogP) is 4.59. The van der Waals surface area contributed by atoms with Gasteiger partial charge in [0, 0.05) is 19.5 Å². The number of hydrazone groups is 1. The zero-order valence-corrected chi connectivity index (χ0v) is 20.4. The van der Waals surface area contributed by atoms with Crippen molar-refractivity contribution in [3.8, 4) is 0 Å². The van der Waals surface area contributed by atoms with E-state index >= 15 is 0 Å². The first-order chi connectivity index (χ1) is 16.2. The Labute approximate surface area is 205 Å². The molecular formula is C26H29N3O2S2. The largest absolute Gasteiger partial charge is 0.378 e. The number of thiocarbonyl (C=S) groups is 1. The molecule has 0 N–H and O–H groups in total. The molecule has 0 saturated carbocycles. The summed E-state index contributed by atoms with van der Waals surface area (Å²) in [6.07, 6.45) is 5.56. The quantitative estimate of drug-likeness (QED) is 0.600. The summed E-state index contributed by atoms with van der Waals surface area (Å²) in [5.41, 5.74) is 6.15. The van der Waals surface area contributed by atoms with Crippen molar-refractivity contribution < 1.29 is 9.53 Å².